The van der Waals surface area contributed by atoms with Gasteiger partial charge >= 0.3 is 5.97 Å². The van der Waals surface area contributed by atoms with Crippen LogP contribution in [0.15, 0.2) is 53.4 Å². The lowest BCUT2D eigenvalue weighted by atomic mass is 9.95. The van der Waals surface area contributed by atoms with E-state index in [1.54, 1.807) is 18.2 Å². The molecule has 0 amide bonds. The van der Waals surface area contributed by atoms with Crippen molar-refractivity contribution in [2.75, 3.05) is 20.1 Å². The normalized spacial score (nSPS) is 13.2. The molecule has 0 saturated heterocycles. The fourth-order valence-electron chi connectivity index (χ4n) is 4.06. The fourth-order valence-corrected chi connectivity index (χ4v) is 5.54. The van der Waals surface area contributed by atoms with Crippen molar-refractivity contribution in [3.8, 4) is 0 Å². The third-order valence-corrected chi connectivity index (χ3v) is 8.14. The van der Waals surface area contributed by atoms with Crippen molar-refractivity contribution in [2.24, 2.45) is 0 Å². The number of nitrogens with zero attached hydrogens (tertiary/aromatic N) is 1. The Hall–Kier alpha value is -2.26. The van der Waals surface area contributed by atoms with Gasteiger partial charge in [0.1, 0.15) is 0 Å². The van der Waals surface area contributed by atoms with Crippen LogP contribution in [0.4, 0.5) is 0 Å². The summed E-state index contributed by atoms with van der Waals surface area (Å²) in [5.74, 6) is -0.888. The second-order valence-corrected chi connectivity index (χ2v) is 11.7. The molecule has 0 saturated carbocycles. The lowest BCUT2D eigenvalue weighted by molar-refractivity contribution is -0.136. The van der Waals surface area contributed by atoms with Crippen LogP contribution in [-0.2, 0) is 34.1 Å². The SMILES string of the molecule is CCc1cc(CCC(=O)O)ccc1S(=O)(=O)N(C)C[C@H](O)CNC(C)(C)CCCc1ccccc1. The van der Waals surface area contributed by atoms with Gasteiger partial charge in [-0.05, 0) is 68.7 Å². The Morgan fingerprint density at radius 3 is 2.40 bits per heavy atom. The van der Waals surface area contributed by atoms with Crippen LogP contribution < -0.4 is 5.32 Å². The number of carboxylic acids is 1. The molecule has 0 aliphatic heterocycles. The topological polar surface area (TPSA) is 107 Å². The van der Waals surface area contributed by atoms with Gasteiger partial charge in [-0.25, -0.2) is 8.42 Å². The van der Waals surface area contributed by atoms with Crippen molar-refractivity contribution in [2.45, 2.75) is 75.8 Å². The number of carbonyl (C=O) groups is 1. The molecule has 2 rings (SSSR count). The summed E-state index contributed by atoms with van der Waals surface area (Å²) in [5, 5.41) is 22.8. The second-order valence-electron chi connectivity index (χ2n) is 9.73. The number of rotatable bonds is 15. The molecule has 2 aromatic carbocycles. The summed E-state index contributed by atoms with van der Waals surface area (Å²) in [6.07, 6.45) is 2.92. The highest BCUT2D eigenvalue weighted by Crippen LogP contribution is 2.23. The molecular weight excluding hydrogens is 464 g/mol. The zero-order chi connectivity index (χ0) is 26.1. The van der Waals surface area contributed by atoms with Crippen molar-refractivity contribution < 1.29 is 23.4 Å². The van der Waals surface area contributed by atoms with Gasteiger partial charge in [-0.1, -0.05) is 49.4 Å². The van der Waals surface area contributed by atoms with E-state index in [0.717, 1.165) is 24.8 Å². The van der Waals surface area contributed by atoms with Crippen LogP contribution in [0.2, 0.25) is 0 Å². The zero-order valence-corrected chi connectivity index (χ0v) is 22.1. The van der Waals surface area contributed by atoms with E-state index in [2.05, 4.69) is 31.3 Å². The maximum Gasteiger partial charge on any atom is 0.303 e. The molecular formula is C27H40N2O5S. The number of aliphatic hydroxyl groups is 1. The Kier molecular flexibility index (Phi) is 10.9. The largest absolute Gasteiger partial charge is 0.481 e. The van der Waals surface area contributed by atoms with E-state index in [1.165, 1.54) is 16.9 Å². The zero-order valence-electron chi connectivity index (χ0n) is 21.3. The first-order chi connectivity index (χ1) is 16.4. The van der Waals surface area contributed by atoms with E-state index in [9.17, 15) is 18.3 Å². The van der Waals surface area contributed by atoms with Crippen LogP contribution in [0.1, 0.15) is 56.7 Å². The van der Waals surface area contributed by atoms with E-state index in [1.807, 2.05) is 25.1 Å². The number of nitrogens with one attached hydrogen (secondary N) is 1. The second kappa shape index (κ2) is 13.2. The van der Waals surface area contributed by atoms with Gasteiger partial charge in [-0.2, -0.15) is 4.31 Å². The van der Waals surface area contributed by atoms with E-state index >= 15 is 0 Å². The first-order valence-corrected chi connectivity index (χ1v) is 13.7. The van der Waals surface area contributed by atoms with E-state index < -0.39 is 22.1 Å². The molecule has 194 valence electrons. The number of aliphatic carboxylic acids is 1. The van der Waals surface area contributed by atoms with Crippen LogP contribution in [0.3, 0.4) is 0 Å². The highest BCUT2D eigenvalue weighted by Gasteiger charge is 2.26. The summed E-state index contributed by atoms with van der Waals surface area (Å²) in [5.41, 5.74) is 2.56. The van der Waals surface area contributed by atoms with Crippen molar-refractivity contribution in [3.05, 3.63) is 65.2 Å². The molecule has 0 spiro atoms. The summed E-state index contributed by atoms with van der Waals surface area (Å²) in [6, 6.07) is 15.3. The van der Waals surface area contributed by atoms with Gasteiger partial charge in [-0.3, -0.25) is 4.79 Å². The summed E-state index contributed by atoms with van der Waals surface area (Å²) in [4.78, 5) is 11.0. The van der Waals surface area contributed by atoms with Gasteiger partial charge in [-0.15, -0.1) is 0 Å². The van der Waals surface area contributed by atoms with E-state index in [4.69, 9.17) is 5.11 Å². The Balaban J connectivity index is 1.91. The third-order valence-electron chi connectivity index (χ3n) is 6.22. The highest BCUT2D eigenvalue weighted by atomic mass is 32.2. The lowest BCUT2D eigenvalue weighted by Crippen LogP contribution is -2.46. The highest BCUT2D eigenvalue weighted by molar-refractivity contribution is 7.89. The van der Waals surface area contributed by atoms with Crippen LogP contribution >= 0.6 is 0 Å². The molecule has 35 heavy (non-hydrogen) atoms. The van der Waals surface area contributed by atoms with Crippen molar-refractivity contribution in [1.82, 2.24) is 9.62 Å². The molecule has 1 atom stereocenters. The average molecular weight is 505 g/mol. The molecule has 7 nitrogen and oxygen atoms in total. The molecule has 0 bridgehead atoms. The molecule has 0 unspecified atom stereocenters. The van der Waals surface area contributed by atoms with Crippen molar-refractivity contribution >= 4 is 16.0 Å². The number of aryl methyl sites for hydroxylation is 3. The monoisotopic (exact) mass is 504 g/mol. The van der Waals surface area contributed by atoms with Gasteiger partial charge in [0.2, 0.25) is 10.0 Å². The molecule has 0 aromatic heterocycles. The van der Waals surface area contributed by atoms with Gasteiger partial charge in [0.05, 0.1) is 11.0 Å². The summed E-state index contributed by atoms with van der Waals surface area (Å²) >= 11 is 0. The maximum atomic E-state index is 13.2. The Labute approximate surface area is 210 Å². The molecule has 2 aromatic rings. The fraction of sp³-hybridized carbons (Fsp3) is 0.519. The number of β-amino-alcohol motifs (C(OH)–C–C–N with tert-alkyl or cyclic N) is 1. The number of hydrogen-bond acceptors (Lipinski definition) is 5. The maximum absolute atomic E-state index is 13.2. The number of sulfonamides is 1. The quantitative estimate of drug-likeness (QED) is 0.342. The van der Waals surface area contributed by atoms with Crippen molar-refractivity contribution in [3.63, 3.8) is 0 Å². The minimum Gasteiger partial charge on any atom is -0.481 e. The van der Waals surface area contributed by atoms with Gasteiger partial charge in [0.15, 0.2) is 0 Å². The number of aliphatic hydroxyl groups excluding tert-OH is 1. The smallest absolute Gasteiger partial charge is 0.303 e. The minimum absolute atomic E-state index is 0.00303. The molecule has 3 N–H and O–H groups in total. The first kappa shape index (κ1) is 29.0. The number of likely N-dealkylation sites (N-methyl/N-ethyl adjacent to an activating group) is 1. The van der Waals surface area contributed by atoms with Crippen molar-refractivity contribution in [1.29, 1.82) is 0 Å². The summed E-state index contributed by atoms with van der Waals surface area (Å²) < 4.78 is 27.6. The third kappa shape index (κ3) is 9.37. The molecule has 0 heterocycles. The Morgan fingerprint density at radius 2 is 1.77 bits per heavy atom. The molecule has 0 fully saturated rings. The Bertz CT molecular complexity index is 1050. The summed E-state index contributed by atoms with van der Waals surface area (Å²) in [6.45, 7) is 6.30. The molecule has 0 aliphatic rings. The number of hydrogen-bond donors (Lipinski definition) is 3. The minimum atomic E-state index is -3.79. The van der Waals surface area contributed by atoms with Gasteiger partial charge in [0, 0.05) is 32.1 Å². The molecule has 8 heteroatoms. The van der Waals surface area contributed by atoms with E-state index in [0.29, 0.717) is 18.4 Å². The number of benzene rings is 2. The average Bonchev–Trinajstić information content (AvgIpc) is 2.81. The van der Waals surface area contributed by atoms with E-state index in [-0.39, 0.29) is 29.9 Å². The van der Waals surface area contributed by atoms with Crippen LogP contribution in [0, 0.1) is 0 Å². The standard InChI is InChI=1S/C27H40N2O5S/c1-5-23-18-22(14-16-26(31)32)13-15-25(23)35(33,34)29(4)20-24(30)19-28-27(2,3)17-9-12-21-10-7-6-8-11-21/h6-8,10-11,13,15,18,24,28,30H,5,9,12,14,16-17,19-20H2,1-4H3,(H,31,32)/t24-/m1/s1. The molecule has 0 radical (unpaired) electrons. The predicted molar refractivity (Wildman–Crippen MR) is 139 cm³/mol. The first-order valence-electron chi connectivity index (χ1n) is 12.2. The molecule has 0 aliphatic carbocycles. The van der Waals surface area contributed by atoms with Crippen LogP contribution in [0.5, 0.6) is 0 Å². The van der Waals surface area contributed by atoms with Crippen LogP contribution in [0.25, 0.3) is 0 Å². The number of carboxylic acid groups (broad SMARTS) is 1. The lowest BCUT2D eigenvalue weighted by Gasteiger charge is -2.29. The predicted octanol–water partition coefficient (Wildman–Crippen LogP) is 3.64. The summed E-state index contributed by atoms with van der Waals surface area (Å²) in [7, 11) is -2.32. The Morgan fingerprint density at radius 1 is 1.09 bits per heavy atom. The van der Waals surface area contributed by atoms with Gasteiger partial charge in [0.25, 0.3) is 0 Å². The van der Waals surface area contributed by atoms with Gasteiger partial charge < -0.3 is 15.5 Å². The van der Waals surface area contributed by atoms with Crippen LogP contribution in [-0.4, -0.2) is 60.7 Å².